The van der Waals surface area contributed by atoms with Gasteiger partial charge in [-0.3, -0.25) is 4.99 Å². The van der Waals surface area contributed by atoms with E-state index in [0.29, 0.717) is 12.5 Å². The highest BCUT2D eigenvalue weighted by Crippen LogP contribution is 2.24. The average molecular weight is 475 g/mol. The first-order chi connectivity index (χ1) is 11.7. The van der Waals surface area contributed by atoms with E-state index in [1.54, 1.807) is 32.6 Å². The van der Waals surface area contributed by atoms with Crippen LogP contribution < -0.4 is 20.1 Å². The van der Waals surface area contributed by atoms with Gasteiger partial charge in [-0.2, -0.15) is 0 Å². The molecule has 0 aliphatic rings. The molecule has 1 unspecified atom stereocenters. The second kappa shape index (κ2) is 11.2. The highest BCUT2D eigenvalue weighted by Gasteiger charge is 2.09. The summed E-state index contributed by atoms with van der Waals surface area (Å²) in [5.41, 5.74) is 1.05. The second-order valence-electron chi connectivity index (χ2n) is 5.40. The maximum Gasteiger partial charge on any atom is 0.191 e. The average Bonchev–Trinajstić information content (AvgIpc) is 3.16. The normalized spacial score (nSPS) is 12.1. The van der Waals surface area contributed by atoms with Crippen molar-refractivity contribution in [3.63, 3.8) is 0 Å². The predicted molar refractivity (Wildman–Crippen MR) is 116 cm³/mol. The van der Waals surface area contributed by atoms with Crippen LogP contribution in [0, 0.1) is 0 Å². The SMILES string of the molecule is CN=C(NCc1ccc(OC)cc1OC)NCC(C)c1cccs1.I. The molecule has 0 fully saturated rings. The number of methoxy groups -OCH3 is 2. The summed E-state index contributed by atoms with van der Waals surface area (Å²) in [6, 6.07) is 10.0. The van der Waals surface area contributed by atoms with Crippen LogP contribution in [0.5, 0.6) is 11.5 Å². The van der Waals surface area contributed by atoms with E-state index < -0.39 is 0 Å². The lowest BCUT2D eigenvalue weighted by Crippen LogP contribution is -2.38. The fourth-order valence-corrected chi connectivity index (χ4v) is 3.11. The molecule has 1 atom stereocenters. The summed E-state index contributed by atoms with van der Waals surface area (Å²) in [6.07, 6.45) is 0. The zero-order valence-electron chi connectivity index (χ0n) is 15.0. The zero-order valence-corrected chi connectivity index (χ0v) is 18.2. The van der Waals surface area contributed by atoms with Gasteiger partial charge in [-0.25, -0.2) is 0 Å². The molecular weight excluding hydrogens is 449 g/mol. The van der Waals surface area contributed by atoms with Crippen LogP contribution in [0.1, 0.15) is 23.3 Å². The Labute approximate surface area is 170 Å². The third kappa shape index (κ3) is 6.39. The van der Waals surface area contributed by atoms with Crippen molar-refractivity contribution in [1.82, 2.24) is 10.6 Å². The number of aliphatic imine (C=N–C) groups is 1. The van der Waals surface area contributed by atoms with Crippen LogP contribution in [0.2, 0.25) is 0 Å². The number of guanidine groups is 1. The summed E-state index contributed by atoms with van der Waals surface area (Å²) in [4.78, 5) is 5.65. The van der Waals surface area contributed by atoms with Crippen molar-refractivity contribution in [3.05, 3.63) is 46.2 Å². The summed E-state index contributed by atoms with van der Waals surface area (Å²) >= 11 is 1.78. The Balaban J connectivity index is 0.00000312. The Bertz CT molecular complexity index is 662. The van der Waals surface area contributed by atoms with Gasteiger partial charge >= 0.3 is 0 Å². The summed E-state index contributed by atoms with van der Waals surface area (Å²) < 4.78 is 10.6. The second-order valence-corrected chi connectivity index (χ2v) is 6.38. The van der Waals surface area contributed by atoms with E-state index in [0.717, 1.165) is 29.6 Å². The third-order valence-corrected chi connectivity index (χ3v) is 4.87. The molecule has 1 aromatic carbocycles. The van der Waals surface area contributed by atoms with E-state index in [2.05, 4.69) is 40.1 Å². The smallest absolute Gasteiger partial charge is 0.191 e. The molecule has 0 amide bonds. The van der Waals surface area contributed by atoms with Crippen LogP contribution in [-0.2, 0) is 6.54 Å². The van der Waals surface area contributed by atoms with Crippen molar-refractivity contribution in [3.8, 4) is 11.5 Å². The number of halogens is 1. The van der Waals surface area contributed by atoms with E-state index in [-0.39, 0.29) is 24.0 Å². The Morgan fingerprint density at radius 3 is 2.60 bits per heavy atom. The summed E-state index contributed by atoms with van der Waals surface area (Å²) in [5.74, 6) is 2.79. The van der Waals surface area contributed by atoms with Gasteiger partial charge in [0.15, 0.2) is 5.96 Å². The number of hydrogen-bond acceptors (Lipinski definition) is 4. The number of thiophene rings is 1. The molecule has 1 heterocycles. The van der Waals surface area contributed by atoms with Gasteiger partial charge < -0.3 is 20.1 Å². The highest BCUT2D eigenvalue weighted by molar-refractivity contribution is 14.0. The Hall–Kier alpha value is -1.48. The summed E-state index contributed by atoms with van der Waals surface area (Å²) in [6.45, 7) is 3.67. The van der Waals surface area contributed by atoms with Crippen molar-refractivity contribution in [2.75, 3.05) is 27.8 Å². The van der Waals surface area contributed by atoms with E-state index in [9.17, 15) is 0 Å². The third-order valence-electron chi connectivity index (χ3n) is 3.77. The zero-order chi connectivity index (χ0) is 17.4. The van der Waals surface area contributed by atoms with Gasteiger partial charge in [0.25, 0.3) is 0 Å². The van der Waals surface area contributed by atoms with Gasteiger partial charge in [-0.15, -0.1) is 35.3 Å². The fourth-order valence-electron chi connectivity index (χ4n) is 2.32. The van der Waals surface area contributed by atoms with E-state index >= 15 is 0 Å². The van der Waals surface area contributed by atoms with E-state index in [1.807, 2.05) is 18.2 Å². The maximum absolute atomic E-state index is 5.42. The van der Waals surface area contributed by atoms with Gasteiger partial charge in [0.05, 0.1) is 14.2 Å². The quantitative estimate of drug-likeness (QED) is 0.363. The number of benzene rings is 1. The molecule has 0 aliphatic carbocycles. The molecule has 1 aromatic heterocycles. The first kappa shape index (κ1) is 21.6. The number of hydrogen-bond donors (Lipinski definition) is 2. The van der Waals surface area contributed by atoms with Gasteiger partial charge in [-0.1, -0.05) is 13.0 Å². The van der Waals surface area contributed by atoms with Crippen molar-refractivity contribution in [2.24, 2.45) is 4.99 Å². The number of rotatable bonds is 7. The van der Waals surface area contributed by atoms with E-state index in [4.69, 9.17) is 9.47 Å². The molecule has 2 N–H and O–H groups in total. The van der Waals surface area contributed by atoms with Crippen molar-refractivity contribution in [2.45, 2.75) is 19.4 Å². The summed E-state index contributed by atoms with van der Waals surface area (Å²) in [7, 11) is 5.08. The lowest BCUT2D eigenvalue weighted by Gasteiger charge is -2.16. The Morgan fingerprint density at radius 2 is 2.00 bits per heavy atom. The standard InChI is InChI=1S/C18H25N3O2S.HI/c1-13(17-6-5-9-24-17)11-20-18(19-2)21-12-14-7-8-15(22-3)10-16(14)23-4;/h5-10,13H,11-12H2,1-4H3,(H2,19,20,21);1H. The van der Waals surface area contributed by atoms with Crippen molar-refractivity contribution < 1.29 is 9.47 Å². The first-order valence-corrected chi connectivity index (χ1v) is 8.74. The minimum absolute atomic E-state index is 0. The molecular formula is C18H26IN3O2S. The molecule has 7 heteroatoms. The van der Waals surface area contributed by atoms with Crippen LogP contribution in [0.15, 0.2) is 40.7 Å². The number of ether oxygens (including phenoxy) is 2. The van der Waals surface area contributed by atoms with Gasteiger partial charge in [-0.05, 0) is 23.6 Å². The Morgan fingerprint density at radius 1 is 1.20 bits per heavy atom. The lowest BCUT2D eigenvalue weighted by atomic mass is 10.1. The molecule has 25 heavy (non-hydrogen) atoms. The number of nitrogens with zero attached hydrogens (tertiary/aromatic N) is 1. The van der Waals surface area contributed by atoms with Gasteiger partial charge in [0.2, 0.25) is 0 Å². The molecule has 138 valence electrons. The van der Waals surface area contributed by atoms with Gasteiger partial charge in [0.1, 0.15) is 11.5 Å². The number of nitrogens with one attached hydrogen (secondary N) is 2. The van der Waals surface area contributed by atoms with Crippen LogP contribution in [0.3, 0.4) is 0 Å². The molecule has 0 saturated carbocycles. The van der Waals surface area contributed by atoms with Crippen LogP contribution in [0.25, 0.3) is 0 Å². The van der Waals surface area contributed by atoms with Crippen molar-refractivity contribution in [1.29, 1.82) is 0 Å². The van der Waals surface area contributed by atoms with Crippen molar-refractivity contribution >= 4 is 41.3 Å². The summed E-state index contributed by atoms with van der Waals surface area (Å²) in [5, 5.41) is 8.79. The molecule has 0 saturated heterocycles. The molecule has 5 nitrogen and oxygen atoms in total. The minimum atomic E-state index is 0. The molecule has 2 rings (SSSR count). The minimum Gasteiger partial charge on any atom is -0.497 e. The Kier molecular flexibility index (Phi) is 9.66. The largest absolute Gasteiger partial charge is 0.497 e. The first-order valence-electron chi connectivity index (χ1n) is 7.86. The molecule has 0 aliphatic heterocycles. The van der Waals surface area contributed by atoms with Crippen LogP contribution in [-0.4, -0.2) is 33.8 Å². The lowest BCUT2D eigenvalue weighted by molar-refractivity contribution is 0.390. The molecule has 0 radical (unpaired) electrons. The molecule has 2 aromatic rings. The van der Waals surface area contributed by atoms with Gasteiger partial charge in [0, 0.05) is 42.6 Å². The molecule has 0 spiro atoms. The monoisotopic (exact) mass is 475 g/mol. The predicted octanol–water partition coefficient (Wildman–Crippen LogP) is 3.85. The topological polar surface area (TPSA) is 54.9 Å². The fraction of sp³-hybridized carbons (Fsp3) is 0.389. The maximum atomic E-state index is 5.42. The highest BCUT2D eigenvalue weighted by atomic mass is 127. The van der Waals surface area contributed by atoms with Crippen LogP contribution >= 0.6 is 35.3 Å². The molecule has 0 bridgehead atoms. The van der Waals surface area contributed by atoms with Crippen LogP contribution in [0.4, 0.5) is 0 Å². The van der Waals surface area contributed by atoms with E-state index in [1.165, 1.54) is 4.88 Å².